The van der Waals surface area contributed by atoms with Crippen molar-refractivity contribution >= 4 is 45.8 Å². The first kappa shape index (κ1) is 18.1. The monoisotopic (exact) mass is 457 g/mol. The van der Waals surface area contributed by atoms with E-state index >= 15 is 0 Å². The van der Waals surface area contributed by atoms with Crippen molar-refractivity contribution in [1.82, 2.24) is 0 Å². The van der Waals surface area contributed by atoms with Crippen LogP contribution >= 0.6 is 22.6 Å². The van der Waals surface area contributed by atoms with Crippen molar-refractivity contribution in [3.63, 3.8) is 0 Å². The van der Waals surface area contributed by atoms with Crippen molar-refractivity contribution in [3.8, 4) is 0 Å². The Morgan fingerprint density at radius 2 is 1.27 bits per heavy atom. The first-order valence-electron chi connectivity index (χ1n) is 8.01. The summed E-state index contributed by atoms with van der Waals surface area (Å²) in [6.45, 7) is -0.340. The first-order valence-corrected chi connectivity index (χ1v) is 9.09. The topological polar surface area (TPSA) is 46.6 Å². The number of hydrogen-bond acceptors (Lipinski definition) is 3. The zero-order chi connectivity index (χ0) is 18.4. The summed E-state index contributed by atoms with van der Waals surface area (Å²) in [5, 5.41) is 0. The van der Waals surface area contributed by atoms with Crippen LogP contribution in [-0.4, -0.2) is 18.5 Å². The molecule has 1 amide bonds. The van der Waals surface area contributed by atoms with Crippen LogP contribution in [0.2, 0.25) is 0 Å². The molecular weight excluding hydrogens is 441 g/mol. The zero-order valence-electron chi connectivity index (χ0n) is 13.8. The van der Waals surface area contributed by atoms with E-state index in [1.807, 2.05) is 72.8 Å². The van der Waals surface area contributed by atoms with Gasteiger partial charge in [-0.1, -0.05) is 48.5 Å². The number of halogens is 1. The first-order chi connectivity index (χ1) is 12.7. The summed E-state index contributed by atoms with van der Waals surface area (Å²) >= 11 is 2.07. The Kier molecular flexibility index (Phi) is 6.01. The van der Waals surface area contributed by atoms with E-state index < -0.39 is 5.97 Å². The van der Waals surface area contributed by atoms with Crippen LogP contribution in [0.3, 0.4) is 0 Å². The molecule has 0 spiro atoms. The molecule has 0 radical (unpaired) electrons. The lowest BCUT2D eigenvalue weighted by molar-refractivity contribution is -0.120. The van der Waals surface area contributed by atoms with Crippen molar-refractivity contribution in [3.05, 3.63) is 94.1 Å². The minimum Gasteiger partial charge on any atom is -0.452 e. The van der Waals surface area contributed by atoms with Gasteiger partial charge in [-0.15, -0.1) is 0 Å². The number of para-hydroxylation sites is 2. The molecule has 0 bridgehead atoms. The van der Waals surface area contributed by atoms with Gasteiger partial charge in [0.15, 0.2) is 6.61 Å². The van der Waals surface area contributed by atoms with Crippen LogP contribution in [0.25, 0.3) is 0 Å². The maximum Gasteiger partial charge on any atom is 0.339 e. The molecule has 3 rings (SSSR count). The molecule has 0 saturated carbocycles. The predicted molar refractivity (Wildman–Crippen MR) is 109 cm³/mol. The largest absolute Gasteiger partial charge is 0.452 e. The number of nitrogens with zero attached hydrogens (tertiary/aromatic N) is 1. The van der Waals surface area contributed by atoms with Gasteiger partial charge in [-0.3, -0.25) is 9.69 Å². The molecule has 26 heavy (non-hydrogen) atoms. The highest BCUT2D eigenvalue weighted by atomic mass is 127. The van der Waals surface area contributed by atoms with Gasteiger partial charge in [0.25, 0.3) is 5.91 Å². The second kappa shape index (κ2) is 8.62. The molecule has 0 aliphatic rings. The molecular formula is C21H16INO3. The van der Waals surface area contributed by atoms with E-state index in [4.69, 9.17) is 4.74 Å². The van der Waals surface area contributed by atoms with Gasteiger partial charge in [-0.2, -0.15) is 0 Å². The fraction of sp³-hybridized carbons (Fsp3) is 0.0476. The maximum atomic E-state index is 12.8. The number of ether oxygens (including phenoxy) is 1. The van der Waals surface area contributed by atoms with Gasteiger partial charge in [0.05, 0.1) is 5.56 Å². The summed E-state index contributed by atoms with van der Waals surface area (Å²) in [6.07, 6.45) is 0. The third-order valence-corrected chi connectivity index (χ3v) is 4.64. The van der Waals surface area contributed by atoms with Crippen LogP contribution in [0.4, 0.5) is 11.4 Å². The normalized spacial score (nSPS) is 10.2. The second-order valence-corrected chi connectivity index (χ2v) is 6.62. The van der Waals surface area contributed by atoms with Crippen LogP contribution in [0.5, 0.6) is 0 Å². The van der Waals surface area contributed by atoms with Crippen molar-refractivity contribution in [2.24, 2.45) is 0 Å². The molecule has 3 aromatic rings. The Morgan fingerprint density at radius 1 is 0.769 bits per heavy atom. The number of hydrogen-bond donors (Lipinski definition) is 0. The van der Waals surface area contributed by atoms with Gasteiger partial charge >= 0.3 is 5.97 Å². The van der Waals surface area contributed by atoms with Crippen molar-refractivity contribution in [1.29, 1.82) is 0 Å². The van der Waals surface area contributed by atoms with E-state index in [2.05, 4.69) is 22.6 Å². The van der Waals surface area contributed by atoms with Crippen molar-refractivity contribution in [2.45, 2.75) is 0 Å². The molecule has 0 N–H and O–H groups in total. The third-order valence-electron chi connectivity index (χ3n) is 3.70. The summed E-state index contributed by atoms with van der Waals surface area (Å²) in [4.78, 5) is 26.6. The molecule has 0 aliphatic heterocycles. The summed E-state index contributed by atoms with van der Waals surface area (Å²) in [5.41, 5.74) is 1.88. The number of esters is 1. The van der Waals surface area contributed by atoms with Gasteiger partial charge in [-0.25, -0.2) is 4.79 Å². The SMILES string of the molecule is O=C(OCC(=O)N(c1ccccc1)c1ccccc1)c1ccccc1I. The molecule has 0 saturated heterocycles. The Labute approximate surface area is 165 Å². The molecule has 5 heteroatoms. The Balaban J connectivity index is 1.78. The van der Waals surface area contributed by atoms with E-state index in [-0.39, 0.29) is 12.5 Å². The quantitative estimate of drug-likeness (QED) is 0.408. The van der Waals surface area contributed by atoms with E-state index in [9.17, 15) is 9.59 Å². The average Bonchev–Trinajstić information content (AvgIpc) is 2.68. The van der Waals surface area contributed by atoms with E-state index in [0.717, 1.165) is 3.57 Å². The lowest BCUT2D eigenvalue weighted by Gasteiger charge is -2.23. The molecule has 3 aromatic carbocycles. The molecule has 0 aromatic heterocycles. The van der Waals surface area contributed by atoms with E-state index in [0.29, 0.717) is 16.9 Å². The van der Waals surface area contributed by atoms with Crippen molar-refractivity contribution in [2.75, 3.05) is 11.5 Å². The van der Waals surface area contributed by atoms with Crippen LogP contribution in [0.15, 0.2) is 84.9 Å². The minimum atomic E-state index is -0.510. The van der Waals surface area contributed by atoms with E-state index in [1.165, 1.54) is 0 Å². The summed E-state index contributed by atoms with van der Waals surface area (Å²) in [5.74, 6) is -0.828. The second-order valence-electron chi connectivity index (χ2n) is 5.46. The number of rotatable bonds is 5. The van der Waals surface area contributed by atoms with Gasteiger partial charge < -0.3 is 4.74 Å². The van der Waals surface area contributed by atoms with E-state index in [1.54, 1.807) is 17.0 Å². The molecule has 4 nitrogen and oxygen atoms in total. The van der Waals surface area contributed by atoms with Crippen LogP contribution in [-0.2, 0) is 9.53 Å². The van der Waals surface area contributed by atoms with Gasteiger partial charge in [0.1, 0.15) is 0 Å². The maximum absolute atomic E-state index is 12.8. The third kappa shape index (κ3) is 4.29. The summed E-state index contributed by atoms with van der Waals surface area (Å²) in [7, 11) is 0. The van der Waals surface area contributed by atoms with Gasteiger partial charge in [-0.05, 0) is 59.0 Å². The highest BCUT2D eigenvalue weighted by Crippen LogP contribution is 2.25. The standard InChI is InChI=1S/C21H16INO3/c22-19-14-8-7-13-18(19)21(25)26-15-20(24)23(16-9-3-1-4-10-16)17-11-5-2-6-12-17/h1-14H,15H2. The molecule has 0 heterocycles. The zero-order valence-corrected chi connectivity index (χ0v) is 16.0. The summed E-state index contributed by atoms with van der Waals surface area (Å²) in [6, 6.07) is 25.7. The molecule has 0 unspecified atom stereocenters. The van der Waals surface area contributed by atoms with Crippen molar-refractivity contribution < 1.29 is 14.3 Å². The Morgan fingerprint density at radius 3 is 1.81 bits per heavy atom. The van der Waals surface area contributed by atoms with Gasteiger partial charge in [0.2, 0.25) is 0 Å². The fourth-order valence-corrected chi connectivity index (χ4v) is 3.10. The number of amides is 1. The number of benzene rings is 3. The highest BCUT2D eigenvalue weighted by molar-refractivity contribution is 14.1. The average molecular weight is 457 g/mol. The Hall–Kier alpha value is -2.67. The molecule has 0 aliphatic carbocycles. The fourth-order valence-electron chi connectivity index (χ4n) is 2.49. The van der Waals surface area contributed by atoms with Gasteiger partial charge in [0, 0.05) is 14.9 Å². The van der Waals surface area contributed by atoms with Crippen LogP contribution < -0.4 is 4.90 Å². The Bertz CT molecular complexity index is 858. The van der Waals surface area contributed by atoms with Crippen LogP contribution in [0, 0.1) is 3.57 Å². The smallest absolute Gasteiger partial charge is 0.339 e. The minimum absolute atomic E-state index is 0.318. The predicted octanol–water partition coefficient (Wildman–Crippen LogP) is 4.81. The summed E-state index contributed by atoms with van der Waals surface area (Å²) < 4.78 is 6.04. The number of anilines is 2. The van der Waals surface area contributed by atoms with Crippen LogP contribution in [0.1, 0.15) is 10.4 Å². The molecule has 0 atom stereocenters. The molecule has 130 valence electrons. The highest BCUT2D eigenvalue weighted by Gasteiger charge is 2.20. The number of carbonyl (C=O) groups excluding carboxylic acids is 2. The number of carbonyl (C=O) groups is 2. The molecule has 0 fully saturated rings. The lowest BCUT2D eigenvalue weighted by atomic mass is 10.2. The lowest BCUT2D eigenvalue weighted by Crippen LogP contribution is -2.30.